The highest BCUT2D eigenvalue weighted by Crippen LogP contribution is 2.08. The summed E-state index contributed by atoms with van der Waals surface area (Å²) in [6.07, 6.45) is 7.72. The predicted octanol–water partition coefficient (Wildman–Crippen LogP) is 3.84. The summed E-state index contributed by atoms with van der Waals surface area (Å²) in [5, 5.41) is 0. The van der Waals surface area contributed by atoms with E-state index in [9.17, 15) is 9.59 Å². The van der Waals surface area contributed by atoms with E-state index in [4.69, 9.17) is 4.74 Å². The highest BCUT2D eigenvalue weighted by Gasteiger charge is 2.19. The summed E-state index contributed by atoms with van der Waals surface area (Å²) in [5.41, 5.74) is 0. The van der Waals surface area contributed by atoms with Gasteiger partial charge in [-0.15, -0.1) is 0 Å². The molecule has 0 N–H and O–H groups in total. The maximum absolute atomic E-state index is 11.4. The molecule has 1 unspecified atom stereocenters. The van der Waals surface area contributed by atoms with Gasteiger partial charge in [-0.2, -0.15) is 0 Å². The van der Waals surface area contributed by atoms with E-state index in [0.29, 0.717) is 6.61 Å². The van der Waals surface area contributed by atoms with Crippen LogP contribution in [0.1, 0.15) is 65.2 Å². The summed E-state index contributed by atoms with van der Waals surface area (Å²) in [6, 6.07) is 0. The van der Waals surface area contributed by atoms with E-state index >= 15 is 0 Å². The maximum atomic E-state index is 11.4. The molecule has 0 amide bonds. The molecule has 0 spiro atoms. The molecule has 5 nitrogen and oxygen atoms in total. The summed E-state index contributed by atoms with van der Waals surface area (Å²) < 4.78 is 14.0. The summed E-state index contributed by atoms with van der Waals surface area (Å²) >= 11 is 0. The minimum Gasteiger partial charge on any atom is -0.463 e. The minimum atomic E-state index is -0.920. The van der Waals surface area contributed by atoms with Crippen LogP contribution in [0, 0.1) is 0 Å². The van der Waals surface area contributed by atoms with Crippen LogP contribution in [0.25, 0.3) is 0 Å². The molecule has 0 fully saturated rings. The van der Waals surface area contributed by atoms with Gasteiger partial charge in [-0.25, -0.2) is 9.59 Å². The van der Waals surface area contributed by atoms with Gasteiger partial charge in [0.15, 0.2) is 6.10 Å². The van der Waals surface area contributed by atoms with Gasteiger partial charge in [0.25, 0.3) is 0 Å². The molecule has 1 atom stereocenters. The lowest BCUT2D eigenvalue weighted by atomic mass is 10.1. The van der Waals surface area contributed by atoms with Gasteiger partial charge in [0, 0.05) is 0 Å². The van der Waals surface area contributed by atoms with Crippen LogP contribution in [0.2, 0.25) is 0 Å². The predicted molar refractivity (Wildman–Crippen MR) is 76.5 cm³/mol. The number of carbonyl (C=O) groups is 2. The quantitative estimate of drug-likeness (QED) is 0.427. The molecule has 0 radical (unpaired) electrons. The molecule has 0 rings (SSSR count). The van der Waals surface area contributed by atoms with E-state index in [1.165, 1.54) is 52.6 Å². The first kappa shape index (κ1) is 18.7. The average Bonchev–Trinajstić information content (AvgIpc) is 2.45. The smallest absolute Gasteiger partial charge is 0.463 e. The Hall–Kier alpha value is -1.26. The Morgan fingerprint density at radius 3 is 2.05 bits per heavy atom. The monoisotopic (exact) mass is 288 g/mol. The number of methoxy groups -OCH3 is 1. The number of rotatable bonds is 11. The van der Waals surface area contributed by atoms with Gasteiger partial charge in [-0.1, -0.05) is 51.9 Å². The van der Waals surface area contributed by atoms with Crippen LogP contribution in [0.3, 0.4) is 0 Å². The summed E-state index contributed by atoms with van der Waals surface area (Å²) in [7, 11) is 1.20. The third-order valence-corrected chi connectivity index (χ3v) is 3.01. The lowest BCUT2D eigenvalue weighted by Gasteiger charge is -2.11. The number of esters is 1. The maximum Gasteiger partial charge on any atom is 0.508 e. The van der Waals surface area contributed by atoms with Crippen molar-refractivity contribution in [3.05, 3.63) is 0 Å². The van der Waals surface area contributed by atoms with Crippen LogP contribution in [0.5, 0.6) is 0 Å². The average molecular weight is 288 g/mol. The third kappa shape index (κ3) is 10.6. The van der Waals surface area contributed by atoms with Crippen molar-refractivity contribution in [2.45, 2.75) is 71.3 Å². The van der Waals surface area contributed by atoms with E-state index in [2.05, 4.69) is 16.4 Å². The Labute approximate surface area is 122 Å². The van der Waals surface area contributed by atoms with Crippen molar-refractivity contribution >= 4 is 12.1 Å². The van der Waals surface area contributed by atoms with E-state index in [0.717, 1.165) is 12.8 Å². The molecule has 20 heavy (non-hydrogen) atoms. The van der Waals surface area contributed by atoms with Gasteiger partial charge in [0.2, 0.25) is 0 Å². The molecule has 0 aliphatic rings. The first-order valence-electron chi connectivity index (χ1n) is 7.53. The highest BCUT2D eigenvalue weighted by molar-refractivity contribution is 5.76. The molecular weight excluding hydrogens is 260 g/mol. The molecular formula is C15H28O5. The Morgan fingerprint density at radius 2 is 1.50 bits per heavy atom. The fraction of sp³-hybridized carbons (Fsp3) is 0.867. The molecule has 0 aromatic heterocycles. The van der Waals surface area contributed by atoms with E-state index in [1.54, 1.807) is 0 Å². The number of hydrogen-bond acceptors (Lipinski definition) is 5. The summed E-state index contributed by atoms with van der Waals surface area (Å²) in [5.74, 6) is -0.529. The van der Waals surface area contributed by atoms with Gasteiger partial charge in [0.1, 0.15) is 0 Å². The van der Waals surface area contributed by atoms with E-state index in [1.807, 2.05) is 0 Å². The van der Waals surface area contributed by atoms with Crippen molar-refractivity contribution in [3.63, 3.8) is 0 Å². The normalized spacial score (nSPS) is 11.8. The largest absolute Gasteiger partial charge is 0.508 e. The molecule has 0 aliphatic carbocycles. The second-order valence-corrected chi connectivity index (χ2v) is 4.86. The van der Waals surface area contributed by atoms with E-state index < -0.39 is 18.2 Å². The Morgan fingerprint density at radius 1 is 0.950 bits per heavy atom. The van der Waals surface area contributed by atoms with E-state index in [-0.39, 0.29) is 0 Å². The zero-order valence-corrected chi connectivity index (χ0v) is 13.0. The van der Waals surface area contributed by atoms with Gasteiger partial charge >= 0.3 is 12.1 Å². The summed E-state index contributed by atoms with van der Waals surface area (Å²) in [4.78, 5) is 22.2. The molecule has 0 heterocycles. The van der Waals surface area contributed by atoms with Crippen LogP contribution >= 0.6 is 0 Å². The Balaban J connectivity index is 3.41. The molecule has 5 heteroatoms. The standard InChI is InChI=1S/C15H28O5/c1-4-5-6-7-8-9-10-11-12-19-14(16)13(2)20-15(17)18-3/h13H,4-12H2,1-3H3. The topological polar surface area (TPSA) is 61.8 Å². The number of hydrogen-bond donors (Lipinski definition) is 0. The fourth-order valence-corrected chi connectivity index (χ4v) is 1.77. The van der Waals surface area contributed by atoms with Crippen molar-refractivity contribution in [1.29, 1.82) is 0 Å². The highest BCUT2D eigenvalue weighted by atomic mass is 16.7. The van der Waals surface area contributed by atoms with Crippen LogP contribution in [0.4, 0.5) is 4.79 Å². The lowest BCUT2D eigenvalue weighted by molar-refractivity contribution is -0.153. The zero-order valence-electron chi connectivity index (χ0n) is 13.0. The number of ether oxygens (including phenoxy) is 3. The van der Waals surface area contributed by atoms with Gasteiger partial charge in [-0.05, 0) is 13.3 Å². The SMILES string of the molecule is CCCCCCCCCCOC(=O)C(C)OC(=O)OC. The van der Waals surface area contributed by atoms with Crippen LogP contribution in [-0.2, 0) is 19.0 Å². The van der Waals surface area contributed by atoms with Crippen LogP contribution in [-0.4, -0.2) is 31.9 Å². The number of carbonyl (C=O) groups excluding carboxylic acids is 2. The van der Waals surface area contributed by atoms with Crippen LogP contribution < -0.4 is 0 Å². The second kappa shape index (κ2) is 12.8. The van der Waals surface area contributed by atoms with Gasteiger partial charge in [0.05, 0.1) is 13.7 Å². The minimum absolute atomic E-state index is 0.378. The van der Waals surface area contributed by atoms with Gasteiger partial charge < -0.3 is 14.2 Å². The first-order chi connectivity index (χ1) is 9.61. The molecule has 0 saturated heterocycles. The zero-order chi connectivity index (χ0) is 15.2. The van der Waals surface area contributed by atoms with Crippen molar-refractivity contribution in [2.75, 3.05) is 13.7 Å². The van der Waals surface area contributed by atoms with Gasteiger partial charge in [-0.3, -0.25) is 0 Å². The number of unbranched alkanes of at least 4 members (excludes halogenated alkanes) is 7. The Kier molecular flexibility index (Phi) is 12.0. The second-order valence-electron chi connectivity index (χ2n) is 4.86. The fourth-order valence-electron chi connectivity index (χ4n) is 1.77. The van der Waals surface area contributed by atoms with Crippen molar-refractivity contribution in [3.8, 4) is 0 Å². The first-order valence-corrected chi connectivity index (χ1v) is 7.53. The third-order valence-electron chi connectivity index (χ3n) is 3.01. The molecule has 0 aromatic rings. The van der Waals surface area contributed by atoms with Crippen molar-refractivity contribution < 1.29 is 23.8 Å². The lowest BCUT2D eigenvalue weighted by Crippen LogP contribution is -2.26. The van der Waals surface area contributed by atoms with Crippen molar-refractivity contribution in [2.24, 2.45) is 0 Å². The molecule has 0 bridgehead atoms. The molecule has 0 aromatic carbocycles. The molecule has 0 aliphatic heterocycles. The Bertz CT molecular complexity index is 265. The molecule has 118 valence electrons. The molecule has 0 saturated carbocycles. The summed E-state index contributed by atoms with van der Waals surface area (Å²) in [6.45, 7) is 4.05. The van der Waals surface area contributed by atoms with Crippen LogP contribution in [0.15, 0.2) is 0 Å². The van der Waals surface area contributed by atoms with Crippen molar-refractivity contribution in [1.82, 2.24) is 0 Å².